The standard InChI is InChI=1S/C27H29N3O7S2/c1-17-3-9-21(25(15-17)37-20-8-10-23(31)24(32)16-20)22-11-14-38-26(22)39(34,35)29-13-12-28-27(33)30-18-4-6-19(36-2)7-5-18/h3-4,6-11,14-16,18,29,31-32H,5,12-13H2,1-2H3,(H2,28,30,33). The van der Waals surface area contributed by atoms with Gasteiger partial charge in [0.15, 0.2) is 11.5 Å². The van der Waals surface area contributed by atoms with Gasteiger partial charge < -0.3 is 30.3 Å². The molecule has 1 atom stereocenters. The second-order valence-electron chi connectivity index (χ2n) is 8.68. The van der Waals surface area contributed by atoms with Gasteiger partial charge in [-0.1, -0.05) is 18.2 Å². The molecule has 1 unspecified atom stereocenters. The van der Waals surface area contributed by atoms with E-state index in [0.717, 1.165) is 22.7 Å². The van der Waals surface area contributed by atoms with Gasteiger partial charge in [-0.2, -0.15) is 0 Å². The maximum Gasteiger partial charge on any atom is 0.315 e. The largest absolute Gasteiger partial charge is 0.504 e. The molecule has 0 saturated heterocycles. The summed E-state index contributed by atoms with van der Waals surface area (Å²) in [6, 6.07) is 10.6. The van der Waals surface area contributed by atoms with Gasteiger partial charge in [-0.15, -0.1) is 11.3 Å². The monoisotopic (exact) mass is 571 g/mol. The molecule has 2 aromatic carbocycles. The molecule has 1 aliphatic rings. The fraction of sp³-hybridized carbons (Fsp3) is 0.222. The lowest BCUT2D eigenvalue weighted by atomic mass is 10.1. The highest BCUT2D eigenvalue weighted by molar-refractivity contribution is 7.91. The first-order valence-corrected chi connectivity index (χ1v) is 14.4. The van der Waals surface area contributed by atoms with E-state index in [1.807, 2.05) is 25.1 Å². The van der Waals surface area contributed by atoms with E-state index in [4.69, 9.17) is 9.47 Å². The van der Waals surface area contributed by atoms with E-state index >= 15 is 0 Å². The van der Waals surface area contributed by atoms with Crippen molar-refractivity contribution < 1.29 is 32.9 Å². The van der Waals surface area contributed by atoms with Gasteiger partial charge in [-0.3, -0.25) is 0 Å². The Morgan fingerprint density at radius 2 is 1.90 bits per heavy atom. The summed E-state index contributed by atoms with van der Waals surface area (Å²) in [6.45, 7) is 1.95. The highest BCUT2D eigenvalue weighted by Crippen LogP contribution is 2.40. The van der Waals surface area contributed by atoms with Gasteiger partial charge in [-0.05, 0) is 60.7 Å². The minimum Gasteiger partial charge on any atom is -0.504 e. The maximum absolute atomic E-state index is 13.2. The summed E-state index contributed by atoms with van der Waals surface area (Å²) in [4.78, 5) is 12.2. The smallest absolute Gasteiger partial charge is 0.315 e. The molecule has 0 bridgehead atoms. The first kappa shape index (κ1) is 28.0. The molecular formula is C27H29N3O7S2. The molecule has 5 N–H and O–H groups in total. The fourth-order valence-corrected chi connectivity index (χ4v) is 6.29. The molecule has 206 valence electrons. The van der Waals surface area contributed by atoms with Crippen molar-refractivity contribution in [3.63, 3.8) is 0 Å². The van der Waals surface area contributed by atoms with Crippen molar-refractivity contribution in [3.8, 4) is 34.1 Å². The van der Waals surface area contributed by atoms with Crippen LogP contribution in [0.2, 0.25) is 0 Å². The van der Waals surface area contributed by atoms with E-state index in [-0.39, 0.29) is 40.6 Å². The second kappa shape index (κ2) is 12.2. The minimum atomic E-state index is -3.91. The van der Waals surface area contributed by atoms with E-state index in [1.165, 1.54) is 18.2 Å². The van der Waals surface area contributed by atoms with Crippen molar-refractivity contribution in [1.82, 2.24) is 15.4 Å². The van der Waals surface area contributed by atoms with Crippen molar-refractivity contribution in [2.75, 3.05) is 20.2 Å². The molecule has 4 rings (SSSR count). The van der Waals surface area contributed by atoms with Crippen LogP contribution in [0.15, 0.2) is 76.0 Å². The van der Waals surface area contributed by atoms with Gasteiger partial charge >= 0.3 is 6.03 Å². The van der Waals surface area contributed by atoms with Gasteiger partial charge in [0.1, 0.15) is 21.5 Å². The van der Waals surface area contributed by atoms with Crippen LogP contribution >= 0.6 is 11.3 Å². The number of sulfonamides is 1. The average Bonchev–Trinajstić information content (AvgIpc) is 3.40. The number of amides is 2. The summed E-state index contributed by atoms with van der Waals surface area (Å²) in [5, 5.41) is 26.5. The van der Waals surface area contributed by atoms with E-state index in [1.54, 1.807) is 36.8 Å². The van der Waals surface area contributed by atoms with Gasteiger partial charge in [-0.25, -0.2) is 17.9 Å². The number of carbonyl (C=O) groups excluding carboxylic acids is 1. The molecule has 1 heterocycles. The zero-order valence-corrected chi connectivity index (χ0v) is 22.9. The molecule has 2 amide bonds. The molecule has 39 heavy (non-hydrogen) atoms. The summed E-state index contributed by atoms with van der Waals surface area (Å²) in [5.41, 5.74) is 1.88. The number of allylic oxidation sites excluding steroid dienone is 1. The highest BCUT2D eigenvalue weighted by Gasteiger charge is 2.23. The molecule has 0 fully saturated rings. The molecule has 0 radical (unpaired) electrons. The number of hydrogen-bond donors (Lipinski definition) is 5. The zero-order valence-electron chi connectivity index (χ0n) is 21.3. The zero-order chi connectivity index (χ0) is 28.0. The summed E-state index contributed by atoms with van der Waals surface area (Å²) in [6.07, 6.45) is 6.07. The topological polar surface area (TPSA) is 146 Å². The van der Waals surface area contributed by atoms with E-state index < -0.39 is 16.1 Å². The third-order valence-corrected chi connectivity index (χ3v) is 8.74. The van der Waals surface area contributed by atoms with Crippen molar-refractivity contribution >= 4 is 27.4 Å². The van der Waals surface area contributed by atoms with Crippen LogP contribution in [-0.2, 0) is 14.8 Å². The normalized spacial score (nSPS) is 14.9. The summed E-state index contributed by atoms with van der Waals surface area (Å²) in [7, 11) is -2.33. The Morgan fingerprint density at radius 1 is 1.08 bits per heavy atom. The Labute approximate surface area is 230 Å². The second-order valence-corrected chi connectivity index (χ2v) is 11.6. The third kappa shape index (κ3) is 7.11. The van der Waals surface area contributed by atoms with Crippen LogP contribution in [0.4, 0.5) is 4.79 Å². The van der Waals surface area contributed by atoms with Crippen molar-refractivity contribution in [1.29, 1.82) is 0 Å². The summed E-state index contributed by atoms with van der Waals surface area (Å²) >= 11 is 1.06. The SMILES string of the molecule is COC1=CCC(NC(=O)NCCNS(=O)(=O)c2sccc2-c2ccc(C)cc2Oc2ccc(O)c(O)c2)C=C1. The van der Waals surface area contributed by atoms with E-state index in [9.17, 15) is 23.4 Å². The predicted molar refractivity (Wildman–Crippen MR) is 149 cm³/mol. The molecule has 0 spiro atoms. The third-order valence-electron chi connectivity index (χ3n) is 5.80. The first-order valence-electron chi connectivity index (χ1n) is 12.0. The number of nitrogens with one attached hydrogen (secondary N) is 3. The lowest BCUT2D eigenvalue weighted by Gasteiger charge is -2.17. The number of benzene rings is 2. The number of thiophene rings is 1. The van der Waals surface area contributed by atoms with Crippen molar-refractivity contribution in [2.45, 2.75) is 23.6 Å². The van der Waals surface area contributed by atoms with Crippen molar-refractivity contribution in [3.05, 3.63) is 77.4 Å². The van der Waals surface area contributed by atoms with Gasteiger partial charge in [0.05, 0.1) is 13.2 Å². The van der Waals surface area contributed by atoms with Crippen LogP contribution in [0.1, 0.15) is 12.0 Å². The number of carbonyl (C=O) groups is 1. The summed E-state index contributed by atoms with van der Waals surface area (Å²) < 4.78 is 40.1. The maximum atomic E-state index is 13.2. The molecular weight excluding hydrogens is 542 g/mol. The molecule has 3 aromatic rings. The van der Waals surface area contributed by atoms with E-state index in [2.05, 4.69) is 15.4 Å². The number of urea groups is 1. The van der Waals surface area contributed by atoms with Crippen LogP contribution < -0.4 is 20.1 Å². The Morgan fingerprint density at radius 3 is 2.62 bits per heavy atom. The molecule has 0 aliphatic heterocycles. The number of phenolic OH excluding ortho intramolecular Hbond substituents is 2. The quantitative estimate of drug-likeness (QED) is 0.179. The molecule has 12 heteroatoms. The lowest BCUT2D eigenvalue weighted by molar-refractivity contribution is 0.238. The van der Waals surface area contributed by atoms with E-state index in [0.29, 0.717) is 23.3 Å². The summed E-state index contributed by atoms with van der Waals surface area (Å²) in [5.74, 6) is 0.786. The van der Waals surface area contributed by atoms with Crippen LogP contribution in [0.5, 0.6) is 23.0 Å². The van der Waals surface area contributed by atoms with Gasteiger partial charge in [0, 0.05) is 30.3 Å². The van der Waals surface area contributed by atoms with Crippen molar-refractivity contribution in [2.24, 2.45) is 0 Å². The molecule has 1 aliphatic carbocycles. The lowest BCUT2D eigenvalue weighted by Crippen LogP contribution is -2.44. The minimum absolute atomic E-state index is 0.00857. The number of rotatable bonds is 10. The molecule has 0 saturated carbocycles. The van der Waals surface area contributed by atoms with Crippen LogP contribution in [0.3, 0.4) is 0 Å². The Balaban J connectivity index is 1.40. The number of aromatic hydroxyl groups is 2. The van der Waals surface area contributed by atoms with Crippen LogP contribution in [0.25, 0.3) is 11.1 Å². The molecule has 1 aromatic heterocycles. The number of aryl methyl sites for hydroxylation is 1. The Bertz CT molecular complexity index is 1510. The first-order chi connectivity index (χ1) is 18.7. The fourth-order valence-electron chi connectivity index (χ4n) is 3.84. The molecule has 10 nitrogen and oxygen atoms in total. The Kier molecular flexibility index (Phi) is 8.79. The number of ether oxygens (including phenoxy) is 2. The number of hydrogen-bond acceptors (Lipinski definition) is 8. The average molecular weight is 572 g/mol. The Hall–Kier alpha value is -4.00. The highest BCUT2D eigenvalue weighted by atomic mass is 32.2. The van der Waals surface area contributed by atoms with Crippen LogP contribution in [-0.4, -0.2) is 50.9 Å². The van der Waals surface area contributed by atoms with Gasteiger partial charge in [0.2, 0.25) is 0 Å². The van der Waals surface area contributed by atoms with Gasteiger partial charge in [0.25, 0.3) is 10.0 Å². The predicted octanol–water partition coefficient (Wildman–Crippen LogP) is 4.36. The van der Waals surface area contributed by atoms with Crippen LogP contribution in [0, 0.1) is 6.92 Å². The number of phenols is 2. The number of methoxy groups -OCH3 is 1.